The summed E-state index contributed by atoms with van der Waals surface area (Å²) in [7, 11) is 0. The average Bonchev–Trinajstić information content (AvgIpc) is 3.29. The third-order valence-corrected chi connectivity index (χ3v) is 10.5. The van der Waals surface area contributed by atoms with E-state index in [0.717, 1.165) is 100 Å². The monoisotopic (exact) mass is 728 g/mol. The van der Waals surface area contributed by atoms with Crippen molar-refractivity contribution in [1.29, 1.82) is 0 Å². The van der Waals surface area contributed by atoms with Crippen LogP contribution in [0, 0.1) is 6.92 Å². The number of hydrogen-bond acceptors (Lipinski definition) is 4. The summed E-state index contributed by atoms with van der Waals surface area (Å²) in [6.07, 6.45) is 0. The zero-order chi connectivity index (χ0) is 38.1. The predicted octanol–water partition coefficient (Wildman–Crippen LogP) is 13.6. The van der Waals surface area contributed by atoms with Crippen LogP contribution in [0.2, 0.25) is 0 Å². The molecular weight excluding hydrogens is 693 g/mol. The molecule has 0 amide bonds. The van der Waals surface area contributed by atoms with Crippen LogP contribution in [0.4, 0.5) is 0 Å². The summed E-state index contributed by atoms with van der Waals surface area (Å²) in [6, 6.07) is 70.0. The van der Waals surface area contributed by atoms with Gasteiger partial charge < -0.3 is 0 Å². The summed E-state index contributed by atoms with van der Waals surface area (Å²) in [5.74, 6) is 0.705. The first-order valence-corrected chi connectivity index (χ1v) is 19.2. The molecule has 10 rings (SSSR count). The summed E-state index contributed by atoms with van der Waals surface area (Å²) in [4.78, 5) is 20.3. The topological polar surface area (TPSA) is 51.6 Å². The molecule has 0 aliphatic carbocycles. The quantitative estimate of drug-likeness (QED) is 0.153. The second-order valence-corrected chi connectivity index (χ2v) is 14.3. The molecule has 0 radical (unpaired) electrons. The lowest BCUT2D eigenvalue weighted by Crippen LogP contribution is -1.96. The minimum absolute atomic E-state index is 0.705. The molecule has 0 fully saturated rings. The number of nitrogens with zero attached hydrogens (tertiary/aromatic N) is 4. The van der Waals surface area contributed by atoms with Gasteiger partial charge in [-0.05, 0) is 76.7 Å². The van der Waals surface area contributed by atoms with Crippen molar-refractivity contribution in [2.75, 3.05) is 0 Å². The Labute approximate surface area is 331 Å². The Morgan fingerprint density at radius 1 is 0.298 bits per heavy atom. The summed E-state index contributed by atoms with van der Waals surface area (Å²) in [5.41, 5.74) is 16.5. The van der Waals surface area contributed by atoms with Gasteiger partial charge in [0.15, 0.2) is 5.82 Å². The molecule has 7 aromatic carbocycles. The molecule has 3 aromatic heterocycles. The van der Waals surface area contributed by atoms with Crippen LogP contribution in [0.3, 0.4) is 0 Å². The van der Waals surface area contributed by atoms with Crippen LogP contribution < -0.4 is 0 Å². The molecule has 0 atom stereocenters. The SMILES string of the molecule is Cc1ccc2ccc3c(-c4cccc(-c5cccc(-c6cccc(-c7cc(-c8ccccc8)nc(-c8ccccc8)n7)c6)c5)c4)cc(-c4ccccc4)nc3c2n1. The van der Waals surface area contributed by atoms with Gasteiger partial charge in [-0.1, -0.05) is 164 Å². The Morgan fingerprint density at radius 2 is 0.754 bits per heavy atom. The standard InChI is InChI=1S/C53H36N4/c1-35-26-27-38-28-29-46-47(33-48(36-14-5-2-6-15-36)55-52(46)51(38)54-35)44-24-12-22-42(31-44)40-20-11-21-41(30-40)43-23-13-25-45(32-43)50-34-49(37-16-7-3-8-17-37)56-53(57-50)39-18-9-4-10-19-39/h2-34H,1H3. The fourth-order valence-electron chi connectivity index (χ4n) is 7.64. The van der Waals surface area contributed by atoms with Crippen molar-refractivity contribution in [2.45, 2.75) is 6.92 Å². The summed E-state index contributed by atoms with van der Waals surface area (Å²) >= 11 is 0. The number of rotatable bonds is 7. The van der Waals surface area contributed by atoms with Crippen LogP contribution in [-0.2, 0) is 0 Å². The van der Waals surface area contributed by atoms with Crippen LogP contribution in [0.25, 0.3) is 100 Å². The highest BCUT2D eigenvalue weighted by Crippen LogP contribution is 2.38. The van der Waals surface area contributed by atoms with Crippen LogP contribution >= 0.6 is 0 Å². The highest BCUT2D eigenvalue weighted by Gasteiger charge is 2.15. The van der Waals surface area contributed by atoms with E-state index in [1.165, 1.54) is 0 Å². The maximum Gasteiger partial charge on any atom is 0.160 e. The Bertz CT molecular complexity index is 3010. The fraction of sp³-hybridized carbons (Fsp3) is 0.0189. The molecule has 268 valence electrons. The minimum Gasteiger partial charge on any atom is -0.251 e. The van der Waals surface area contributed by atoms with Gasteiger partial charge in [0.1, 0.15) is 0 Å². The zero-order valence-corrected chi connectivity index (χ0v) is 31.3. The van der Waals surface area contributed by atoms with Gasteiger partial charge in [-0.2, -0.15) is 0 Å². The minimum atomic E-state index is 0.705. The van der Waals surface area contributed by atoms with Crippen LogP contribution in [0.15, 0.2) is 200 Å². The number of fused-ring (bicyclic) bond motifs is 3. The number of pyridine rings is 2. The van der Waals surface area contributed by atoms with Gasteiger partial charge >= 0.3 is 0 Å². The molecule has 3 heterocycles. The van der Waals surface area contributed by atoms with Gasteiger partial charge in [-0.15, -0.1) is 0 Å². The molecule has 0 aliphatic rings. The largest absolute Gasteiger partial charge is 0.251 e. The lowest BCUT2D eigenvalue weighted by molar-refractivity contribution is 1.18. The van der Waals surface area contributed by atoms with E-state index < -0.39 is 0 Å². The highest BCUT2D eigenvalue weighted by molar-refractivity contribution is 6.09. The molecule has 0 bridgehead atoms. The van der Waals surface area contributed by atoms with E-state index in [2.05, 4.69) is 158 Å². The van der Waals surface area contributed by atoms with E-state index in [1.807, 2.05) is 49.4 Å². The normalized spacial score (nSPS) is 11.2. The summed E-state index contributed by atoms with van der Waals surface area (Å²) in [6.45, 7) is 2.04. The molecular formula is C53H36N4. The van der Waals surface area contributed by atoms with E-state index >= 15 is 0 Å². The molecule has 4 heteroatoms. The van der Waals surface area contributed by atoms with Crippen LogP contribution in [-0.4, -0.2) is 19.9 Å². The van der Waals surface area contributed by atoms with Gasteiger partial charge in [0, 0.05) is 38.7 Å². The molecule has 0 saturated carbocycles. The van der Waals surface area contributed by atoms with Crippen molar-refractivity contribution in [3.05, 3.63) is 206 Å². The maximum absolute atomic E-state index is 5.23. The second-order valence-electron chi connectivity index (χ2n) is 14.3. The predicted molar refractivity (Wildman–Crippen MR) is 235 cm³/mol. The Morgan fingerprint density at radius 3 is 1.37 bits per heavy atom. The number of aromatic nitrogens is 4. The smallest absolute Gasteiger partial charge is 0.160 e. The molecule has 0 spiro atoms. The van der Waals surface area contributed by atoms with Crippen molar-refractivity contribution >= 4 is 21.8 Å². The van der Waals surface area contributed by atoms with E-state index in [-0.39, 0.29) is 0 Å². The molecule has 10 aromatic rings. The lowest BCUT2D eigenvalue weighted by atomic mass is 9.93. The lowest BCUT2D eigenvalue weighted by Gasteiger charge is -2.14. The van der Waals surface area contributed by atoms with E-state index in [1.54, 1.807) is 0 Å². The van der Waals surface area contributed by atoms with Crippen LogP contribution in [0.5, 0.6) is 0 Å². The van der Waals surface area contributed by atoms with Gasteiger partial charge in [0.25, 0.3) is 0 Å². The average molecular weight is 729 g/mol. The van der Waals surface area contributed by atoms with Crippen molar-refractivity contribution < 1.29 is 0 Å². The van der Waals surface area contributed by atoms with Crippen molar-refractivity contribution in [2.24, 2.45) is 0 Å². The summed E-state index contributed by atoms with van der Waals surface area (Å²) < 4.78 is 0. The molecule has 0 N–H and O–H groups in total. The third-order valence-electron chi connectivity index (χ3n) is 10.5. The summed E-state index contributed by atoms with van der Waals surface area (Å²) in [5, 5.41) is 2.16. The molecule has 0 saturated heterocycles. The van der Waals surface area contributed by atoms with Gasteiger partial charge in [-0.25, -0.2) is 15.0 Å². The van der Waals surface area contributed by atoms with Gasteiger partial charge in [-0.3, -0.25) is 4.98 Å². The molecule has 0 unspecified atom stereocenters. The first-order valence-electron chi connectivity index (χ1n) is 19.2. The first-order chi connectivity index (χ1) is 28.1. The van der Waals surface area contributed by atoms with Crippen molar-refractivity contribution in [3.8, 4) is 78.5 Å². The molecule has 0 aliphatic heterocycles. The van der Waals surface area contributed by atoms with Crippen molar-refractivity contribution in [1.82, 2.24) is 19.9 Å². The number of hydrogen-bond donors (Lipinski definition) is 0. The Hall–Kier alpha value is -7.56. The zero-order valence-electron chi connectivity index (χ0n) is 31.3. The second kappa shape index (κ2) is 14.6. The van der Waals surface area contributed by atoms with Gasteiger partial charge in [0.05, 0.1) is 28.1 Å². The van der Waals surface area contributed by atoms with E-state index in [4.69, 9.17) is 19.9 Å². The Balaban J connectivity index is 1.05. The maximum atomic E-state index is 5.23. The van der Waals surface area contributed by atoms with E-state index in [0.29, 0.717) is 5.82 Å². The Kier molecular flexibility index (Phi) is 8.69. The third kappa shape index (κ3) is 6.75. The first kappa shape index (κ1) is 34.0. The van der Waals surface area contributed by atoms with Crippen LogP contribution in [0.1, 0.15) is 5.69 Å². The number of benzene rings is 7. The van der Waals surface area contributed by atoms with Crippen molar-refractivity contribution in [3.63, 3.8) is 0 Å². The van der Waals surface area contributed by atoms with Gasteiger partial charge in [0.2, 0.25) is 0 Å². The fourth-order valence-corrected chi connectivity index (χ4v) is 7.64. The highest BCUT2D eigenvalue weighted by atomic mass is 14.9. The molecule has 57 heavy (non-hydrogen) atoms. The number of aryl methyl sites for hydroxylation is 1. The van der Waals surface area contributed by atoms with E-state index in [9.17, 15) is 0 Å². The molecule has 4 nitrogen and oxygen atoms in total.